The van der Waals surface area contributed by atoms with Gasteiger partial charge in [-0.25, -0.2) is 4.79 Å². The van der Waals surface area contributed by atoms with Crippen molar-refractivity contribution in [1.82, 2.24) is 5.16 Å². The molecular weight excluding hydrogens is 386 g/mol. The molecule has 3 aromatic rings. The van der Waals surface area contributed by atoms with Crippen LogP contribution in [0.25, 0.3) is 17.2 Å². The van der Waals surface area contributed by atoms with E-state index in [1.807, 2.05) is 19.9 Å². The van der Waals surface area contributed by atoms with Crippen molar-refractivity contribution in [1.29, 1.82) is 0 Å². The van der Waals surface area contributed by atoms with Gasteiger partial charge in [-0.3, -0.25) is 4.79 Å². The van der Waals surface area contributed by atoms with Gasteiger partial charge in [0.15, 0.2) is 5.78 Å². The van der Waals surface area contributed by atoms with Crippen molar-refractivity contribution in [3.8, 4) is 22.6 Å². The lowest BCUT2D eigenvalue weighted by molar-refractivity contribution is 0.0696. The number of carbonyl (C=O) groups is 2. The Bertz CT molecular complexity index is 1110. The predicted octanol–water partition coefficient (Wildman–Crippen LogP) is 4.57. The number of rotatable bonds is 7. The number of allylic oxidation sites excluding steroid dienone is 1. The van der Waals surface area contributed by atoms with Crippen LogP contribution in [0.5, 0.6) is 11.5 Å². The maximum absolute atomic E-state index is 12.5. The summed E-state index contributed by atoms with van der Waals surface area (Å²) in [6, 6.07) is 9.35. The number of aryl methyl sites for hydroxylation is 2. The van der Waals surface area contributed by atoms with E-state index in [0.29, 0.717) is 28.4 Å². The largest absolute Gasteiger partial charge is 0.496 e. The predicted molar refractivity (Wildman–Crippen MR) is 111 cm³/mol. The van der Waals surface area contributed by atoms with E-state index < -0.39 is 5.97 Å². The van der Waals surface area contributed by atoms with Crippen LogP contribution in [0.2, 0.25) is 0 Å². The highest BCUT2D eigenvalue weighted by Gasteiger charge is 2.18. The van der Waals surface area contributed by atoms with Crippen LogP contribution < -0.4 is 9.47 Å². The molecular formula is C23H21NO6. The molecule has 30 heavy (non-hydrogen) atoms. The fourth-order valence-electron chi connectivity index (χ4n) is 3.16. The van der Waals surface area contributed by atoms with Crippen molar-refractivity contribution in [3.63, 3.8) is 0 Å². The molecule has 0 bridgehead atoms. The van der Waals surface area contributed by atoms with E-state index in [1.165, 1.54) is 37.5 Å². The number of ketones is 1. The molecule has 7 heteroatoms. The molecule has 0 atom stereocenters. The Balaban J connectivity index is 1.99. The summed E-state index contributed by atoms with van der Waals surface area (Å²) in [5.74, 6) is 0.477. The first kappa shape index (κ1) is 20.9. The zero-order valence-corrected chi connectivity index (χ0v) is 17.1. The summed E-state index contributed by atoms with van der Waals surface area (Å²) in [5.41, 5.74) is 3.49. The van der Waals surface area contributed by atoms with Crippen molar-refractivity contribution in [2.45, 2.75) is 13.8 Å². The topological polar surface area (TPSA) is 98.9 Å². The number of carbonyl (C=O) groups excluding carboxylic acids is 1. The van der Waals surface area contributed by atoms with Crippen molar-refractivity contribution in [2.24, 2.45) is 0 Å². The minimum absolute atomic E-state index is 0.122. The van der Waals surface area contributed by atoms with Gasteiger partial charge in [-0.1, -0.05) is 17.3 Å². The molecule has 3 rings (SSSR count). The maximum Gasteiger partial charge on any atom is 0.335 e. The highest BCUT2D eigenvalue weighted by molar-refractivity contribution is 6.07. The summed E-state index contributed by atoms with van der Waals surface area (Å²) in [6.45, 7) is 3.66. The summed E-state index contributed by atoms with van der Waals surface area (Å²) in [7, 11) is 3.10. The Labute approximate surface area is 173 Å². The minimum atomic E-state index is -1.04. The molecule has 0 fully saturated rings. The molecule has 2 aromatic carbocycles. The smallest absolute Gasteiger partial charge is 0.335 e. The van der Waals surface area contributed by atoms with E-state index in [1.54, 1.807) is 19.3 Å². The number of hydrogen-bond donors (Lipinski definition) is 1. The third-order valence-electron chi connectivity index (χ3n) is 4.69. The van der Waals surface area contributed by atoms with Gasteiger partial charge in [0.25, 0.3) is 0 Å². The standard InChI is InChI=1S/C23H21NO6/c1-13-22(14(2)30-24-13)18-11-17(20(28-3)12-21(18)29-4)9-10-19(25)15-5-7-16(8-6-15)23(26)27/h5-12H,1-4H3,(H,26,27). The number of carboxylic acid groups (broad SMARTS) is 1. The fraction of sp³-hybridized carbons (Fsp3) is 0.174. The average Bonchev–Trinajstić information content (AvgIpc) is 3.09. The summed E-state index contributed by atoms with van der Waals surface area (Å²) in [4.78, 5) is 23.5. The summed E-state index contributed by atoms with van der Waals surface area (Å²) < 4.78 is 16.2. The number of carboxylic acids is 1. The van der Waals surface area contributed by atoms with Crippen molar-refractivity contribution in [2.75, 3.05) is 14.2 Å². The molecule has 0 aliphatic rings. The number of methoxy groups -OCH3 is 2. The lowest BCUT2D eigenvalue weighted by Gasteiger charge is -2.13. The van der Waals surface area contributed by atoms with Gasteiger partial charge in [0.05, 0.1) is 31.0 Å². The Kier molecular flexibility index (Phi) is 6.01. The number of ether oxygens (including phenoxy) is 2. The van der Waals surface area contributed by atoms with Crippen LogP contribution in [0.15, 0.2) is 47.0 Å². The lowest BCUT2D eigenvalue weighted by atomic mass is 9.99. The Morgan fingerprint density at radius 2 is 1.63 bits per heavy atom. The highest BCUT2D eigenvalue weighted by atomic mass is 16.5. The molecule has 0 aliphatic heterocycles. The van der Waals surface area contributed by atoms with E-state index in [9.17, 15) is 9.59 Å². The van der Waals surface area contributed by atoms with Crippen LogP contribution in [0.3, 0.4) is 0 Å². The van der Waals surface area contributed by atoms with E-state index in [0.717, 1.165) is 16.8 Å². The SMILES string of the molecule is COc1cc(OC)c(-c2c(C)noc2C)cc1C=CC(=O)c1ccc(C(=O)O)cc1. The van der Waals surface area contributed by atoms with E-state index >= 15 is 0 Å². The Morgan fingerprint density at radius 1 is 1.00 bits per heavy atom. The Hall–Kier alpha value is -3.87. The Morgan fingerprint density at radius 3 is 2.17 bits per heavy atom. The third-order valence-corrected chi connectivity index (χ3v) is 4.69. The van der Waals surface area contributed by atoms with Crippen molar-refractivity contribution in [3.05, 3.63) is 70.6 Å². The van der Waals surface area contributed by atoms with Gasteiger partial charge < -0.3 is 19.1 Å². The first-order valence-corrected chi connectivity index (χ1v) is 9.10. The third kappa shape index (κ3) is 4.10. The quantitative estimate of drug-likeness (QED) is 0.452. The van der Waals surface area contributed by atoms with E-state index in [-0.39, 0.29) is 11.3 Å². The van der Waals surface area contributed by atoms with Gasteiger partial charge in [-0.2, -0.15) is 0 Å². The van der Waals surface area contributed by atoms with Crippen LogP contribution >= 0.6 is 0 Å². The molecule has 1 N–H and O–H groups in total. The van der Waals surface area contributed by atoms with Gasteiger partial charge in [0, 0.05) is 22.8 Å². The number of aromatic nitrogens is 1. The molecule has 0 radical (unpaired) electrons. The number of benzene rings is 2. The second kappa shape index (κ2) is 8.65. The maximum atomic E-state index is 12.5. The van der Waals surface area contributed by atoms with Crippen LogP contribution in [0, 0.1) is 13.8 Å². The van der Waals surface area contributed by atoms with Crippen molar-refractivity contribution < 1.29 is 28.7 Å². The molecule has 0 unspecified atom stereocenters. The highest BCUT2D eigenvalue weighted by Crippen LogP contribution is 2.39. The molecule has 0 spiro atoms. The normalized spacial score (nSPS) is 10.9. The molecule has 154 valence electrons. The summed E-state index contributed by atoms with van der Waals surface area (Å²) in [5, 5.41) is 13.0. The number of hydrogen-bond acceptors (Lipinski definition) is 6. The molecule has 0 saturated carbocycles. The molecule has 1 aromatic heterocycles. The summed E-state index contributed by atoms with van der Waals surface area (Å²) in [6.07, 6.45) is 3.06. The van der Waals surface area contributed by atoms with Crippen LogP contribution in [0.1, 0.15) is 37.7 Å². The van der Waals surface area contributed by atoms with Gasteiger partial charge in [0.2, 0.25) is 0 Å². The van der Waals surface area contributed by atoms with E-state index in [2.05, 4.69) is 5.16 Å². The molecule has 7 nitrogen and oxygen atoms in total. The molecule has 1 heterocycles. The summed E-state index contributed by atoms with van der Waals surface area (Å²) >= 11 is 0. The first-order valence-electron chi connectivity index (χ1n) is 9.10. The monoisotopic (exact) mass is 407 g/mol. The second-order valence-corrected chi connectivity index (χ2v) is 6.57. The average molecular weight is 407 g/mol. The van der Waals surface area contributed by atoms with Crippen LogP contribution in [0.4, 0.5) is 0 Å². The van der Waals surface area contributed by atoms with Crippen molar-refractivity contribution >= 4 is 17.8 Å². The first-order chi connectivity index (χ1) is 14.3. The lowest BCUT2D eigenvalue weighted by Crippen LogP contribution is -1.99. The number of nitrogens with zero attached hydrogens (tertiary/aromatic N) is 1. The zero-order valence-electron chi connectivity index (χ0n) is 17.1. The van der Waals surface area contributed by atoms with Gasteiger partial charge >= 0.3 is 5.97 Å². The molecule has 0 aliphatic carbocycles. The number of aromatic carboxylic acids is 1. The van der Waals surface area contributed by atoms with Crippen LogP contribution in [-0.2, 0) is 0 Å². The van der Waals surface area contributed by atoms with Gasteiger partial charge in [0.1, 0.15) is 17.3 Å². The second-order valence-electron chi connectivity index (χ2n) is 6.57. The zero-order chi connectivity index (χ0) is 21.8. The fourth-order valence-corrected chi connectivity index (χ4v) is 3.16. The molecule has 0 saturated heterocycles. The van der Waals surface area contributed by atoms with Gasteiger partial charge in [-0.15, -0.1) is 0 Å². The minimum Gasteiger partial charge on any atom is -0.496 e. The molecule has 0 amide bonds. The van der Waals surface area contributed by atoms with Crippen LogP contribution in [-0.4, -0.2) is 36.2 Å². The van der Waals surface area contributed by atoms with E-state index in [4.69, 9.17) is 19.1 Å². The van der Waals surface area contributed by atoms with Gasteiger partial charge in [-0.05, 0) is 44.2 Å².